The summed E-state index contributed by atoms with van der Waals surface area (Å²) >= 11 is 0.786. The number of primary amides is 1. The molecule has 4 rings (SSSR count). The van der Waals surface area contributed by atoms with Crippen molar-refractivity contribution in [1.29, 1.82) is 0 Å². The molecule has 1 unspecified atom stereocenters. The van der Waals surface area contributed by atoms with Crippen LogP contribution in [0.5, 0.6) is 5.75 Å². The molecular formula is C27H31N5O4S. The Balaban J connectivity index is 1.74. The molecule has 194 valence electrons. The molecule has 3 amide bonds. The van der Waals surface area contributed by atoms with Gasteiger partial charge < -0.3 is 26.8 Å². The SMILES string of the molecule is Cc1cccc(CCN(C(=O)c2snc(C(N)=O)c2N)C(C(=O)NC2CCCC2)c2ccc(O)cc2)c1. The van der Waals surface area contributed by atoms with E-state index < -0.39 is 17.9 Å². The van der Waals surface area contributed by atoms with Gasteiger partial charge in [-0.15, -0.1) is 0 Å². The molecule has 10 heteroatoms. The summed E-state index contributed by atoms with van der Waals surface area (Å²) in [5.74, 6) is -1.61. The molecule has 0 radical (unpaired) electrons. The van der Waals surface area contributed by atoms with Gasteiger partial charge in [0.1, 0.15) is 16.7 Å². The van der Waals surface area contributed by atoms with E-state index in [9.17, 15) is 19.5 Å². The standard InChI is InChI=1S/C27H31N5O4S/c1-16-5-4-6-17(15-16)13-14-32(27(36)24-21(28)22(25(29)34)31-37-24)23(18-9-11-20(33)12-10-18)26(35)30-19-7-2-3-8-19/h4-6,9-12,15,19,23,33H,2-3,7-8,13-14,28H2,1H3,(H2,29,34)(H,30,35). The van der Waals surface area contributed by atoms with Gasteiger partial charge in [-0.3, -0.25) is 14.4 Å². The number of nitrogens with one attached hydrogen (secondary N) is 1. The molecule has 2 aromatic carbocycles. The number of aromatic nitrogens is 1. The lowest BCUT2D eigenvalue weighted by Crippen LogP contribution is -2.46. The number of phenolic OH excluding ortho intramolecular Hbond substituents is 1. The van der Waals surface area contributed by atoms with Crippen LogP contribution >= 0.6 is 11.5 Å². The largest absolute Gasteiger partial charge is 0.508 e. The second-order valence-electron chi connectivity index (χ2n) is 9.36. The van der Waals surface area contributed by atoms with Gasteiger partial charge in [0, 0.05) is 12.6 Å². The van der Waals surface area contributed by atoms with Crippen molar-refractivity contribution in [2.24, 2.45) is 5.73 Å². The number of hydrogen-bond donors (Lipinski definition) is 4. The molecule has 1 aliphatic rings. The first-order valence-electron chi connectivity index (χ1n) is 12.3. The Kier molecular flexibility index (Phi) is 8.08. The van der Waals surface area contributed by atoms with Crippen LogP contribution < -0.4 is 16.8 Å². The fourth-order valence-electron chi connectivity index (χ4n) is 4.70. The predicted octanol–water partition coefficient (Wildman–Crippen LogP) is 3.32. The average Bonchev–Trinajstić information content (AvgIpc) is 3.51. The van der Waals surface area contributed by atoms with Gasteiger partial charge in [-0.05, 0) is 61.0 Å². The first kappa shape index (κ1) is 26.2. The number of carbonyl (C=O) groups is 3. The van der Waals surface area contributed by atoms with Crippen LogP contribution in [0.25, 0.3) is 0 Å². The first-order chi connectivity index (χ1) is 17.7. The van der Waals surface area contributed by atoms with Crippen molar-refractivity contribution in [3.05, 3.63) is 75.8 Å². The Morgan fingerprint density at radius 3 is 2.49 bits per heavy atom. The van der Waals surface area contributed by atoms with Gasteiger partial charge in [-0.25, -0.2) is 0 Å². The number of carbonyl (C=O) groups excluding carboxylic acids is 3. The van der Waals surface area contributed by atoms with E-state index in [-0.39, 0.29) is 40.5 Å². The van der Waals surface area contributed by atoms with Crippen LogP contribution in [0.3, 0.4) is 0 Å². The molecule has 0 saturated heterocycles. The Morgan fingerprint density at radius 1 is 1.16 bits per heavy atom. The summed E-state index contributed by atoms with van der Waals surface area (Å²) in [6.45, 7) is 2.19. The van der Waals surface area contributed by atoms with Crippen molar-refractivity contribution in [1.82, 2.24) is 14.6 Å². The quantitative estimate of drug-likeness (QED) is 0.339. The van der Waals surface area contributed by atoms with Gasteiger partial charge >= 0.3 is 0 Å². The van der Waals surface area contributed by atoms with Gasteiger partial charge in [0.2, 0.25) is 5.91 Å². The molecule has 6 N–H and O–H groups in total. The van der Waals surface area contributed by atoms with E-state index in [4.69, 9.17) is 11.5 Å². The van der Waals surface area contributed by atoms with Crippen LogP contribution in [0, 0.1) is 6.92 Å². The van der Waals surface area contributed by atoms with E-state index in [2.05, 4.69) is 9.69 Å². The van der Waals surface area contributed by atoms with Crippen molar-refractivity contribution < 1.29 is 19.5 Å². The summed E-state index contributed by atoms with van der Waals surface area (Å²) < 4.78 is 3.98. The van der Waals surface area contributed by atoms with E-state index in [1.807, 2.05) is 31.2 Å². The summed E-state index contributed by atoms with van der Waals surface area (Å²) in [7, 11) is 0. The van der Waals surface area contributed by atoms with Gasteiger partial charge in [0.25, 0.3) is 11.8 Å². The average molecular weight is 522 g/mol. The maximum Gasteiger partial charge on any atom is 0.270 e. The van der Waals surface area contributed by atoms with Crippen molar-refractivity contribution in [2.45, 2.75) is 51.1 Å². The van der Waals surface area contributed by atoms with Crippen LogP contribution in [0.4, 0.5) is 5.69 Å². The zero-order valence-corrected chi connectivity index (χ0v) is 21.5. The Morgan fingerprint density at radius 2 is 1.86 bits per heavy atom. The van der Waals surface area contributed by atoms with E-state index in [1.54, 1.807) is 12.1 Å². The minimum Gasteiger partial charge on any atom is -0.508 e. The minimum atomic E-state index is -0.989. The number of anilines is 1. The van der Waals surface area contributed by atoms with E-state index in [0.29, 0.717) is 12.0 Å². The Hall–Kier alpha value is -3.92. The number of nitrogen functional groups attached to an aromatic ring is 1. The molecule has 3 aromatic rings. The smallest absolute Gasteiger partial charge is 0.270 e. The number of rotatable bonds is 9. The van der Waals surface area contributed by atoms with Crippen LogP contribution in [-0.4, -0.2) is 44.7 Å². The fraction of sp³-hybridized carbons (Fsp3) is 0.333. The van der Waals surface area contributed by atoms with Gasteiger partial charge in [-0.2, -0.15) is 4.37 Å². The highest BCUT2D eigenvalue weighted by molar-refractivity contribution is 7.09. The molecule has 0 spiro atoms. The minimum absolute atomic E-state index is 0.0378. The molecule has 1 aromatic heterocycles. The Bertz CT molecular complexity index is 1280. The molecule has 0 aliphatic heterocycles. The monoisotopic (exact) mass is 521 g/mol. The predicted molar refractivity (Wildman–Crippen MR) is 142 cm³/mol. The van der Waals surface area contributed by atoms with Crippen molar-refractivity contribution in [3.8, 4) is 5.75 Å². The van der Waals surface area contributed by atoms with E-state index in [1.165, 1.54) is 17.0 Å². The molecule has 1 aliphatic carbocycles. The zero-order valence-electron chi connectivity index (χ0n) is 20.6. The lowest BCUT2D eigenvalue weighted by Gasteiger charge is -2.32. The summed E-state index contributed by atoms with van der Waals surface area (Å²) in [5.41, 5.74) is 13.9. The fourth-order valence-corrected chi connectivity index (χ4v) is 5.47. The van der Waals surface area contributed by atoms with E-state index in [0.717, 1.165) is 48.3 Å². The van der Waals surface area contributed by atoms with Gasteiger partial charge in [0.05, 0.1) is 5.69 Å². The third-order valence-corrected chi connectivity index (χ3v) is 7.46. The number of benzene rings is 2. The summed E-state index contributed by atoms with van der Waals surface area (Å²) in [6, 6.07) is 13.2. The second kappa shape index (κ2) is 11.4. The van der Waals surface area contributed by atoms with Crippen LogP contribution in [-0.2, 0) is 11.2 Å². The maximum absolute atomic E-state index is 13.9. The highest BCUT2D eigenvalue weighted by Gasteiger charge is 2.35. The van der Waals surface area contributed by atoms with Crippen molar-refractivity contribution >= 4 is 34.9 Å². The van der Waals surface area contributed by atoms with E-state index >= 15 is 0 Å². The van der Waals surface area contributed by atoms with Gasteiger partial charge in [0.15, 0.2) is 5.69 Å². The van der Waals surface area contributed by atoms with Crippen LogP contribution in [0.15, 0.2) is 48.5 Å². The highest BCUT2D eigenvalue weighted by atomic mass is 32.1. The van der Waals surface area contributed by atoms with Crippen molar-refractivity contribution in [3.63, 3.8) is 0 Å². The third kappa shape index (κ3) is 6.08. The molecular weight excluding hydrogens is 490 g/mol. The lowest BCUT2D eigenvalue weighted by molar-refractivity contribution is -0.126. The van der Waals surface area contributed by atoms with Crippen LogP contribution in [0.1, 0.15) is 68.6 Å². The molecule has 1 fully saturated rings. The van der Waals surface area contributed by atoms with Crippen molar-refractivity contribution in [2.75, 3.05) is 12.3 Å². The first-order valence-corrected chi connectivity index (χ1v) is 13.0. The molecule has 1 atom stereocenters. The van der Waals surface area contributed by atoms with Crippen LogP contribution in [0.2, 0.25) is 0 Å². The third-order valence-electron chi connectivity index (χ3n) is 6.61. The Labute approximate surface area is 219 Å². The summed E-state index contributed by atoms with van der Waals surface area (Å²) in [4.78, 5) is 40.9. The highest BCUT2D eigenvalue weighted by Crippen LogP contribution is 2.30. The normalized spacial score (nSPS) is 14.3. The molecule has 9 nitrogen and oxygen atoms in total. The maximum atomic E-state index is 13.9. The summed E-state index contributed by atoms with van der Waals surface area (Å²) in [5, 5.41) is 13.0. The number of aromatic hydroxyl groups is 1. The zero-order chi connectivity index (χ0) is 26.5. The number of amides is 3. The number of nitrogens with zero attached hydrogens (tertiary/aromatic N) is 2. The summed E-state index contributed by atoms with van der Waals surface area (Å²) in [6.07, 6.45) is 4.33. The number of nitrogens with two attached hydrogens (primary N) is 2. The molecule has 37 heavy (non-hydrogen) atoms. The number of phenols is 1. The molecule has 1 saturated carbocycles. The lowest BCUT2D eigenvalue weighted by atomic mass is 10.0. The van der Waals surface area contributed by atoms with Gasteiger partial charge in [-0.1, -0.05) is 54.8 Å². The molecule has 1 heterocycles. The number of hydrogen-bond acceptors (Lipinski definition) is 7. The topological polar surface area (TPSA) is 152 Å². The second-order valence-corrected chi connectivity index (χ2v) is 10.1. The molecule has 0 bridgehead atoms. The number of aryl methyl sites for hydroxylation is 1.